The first kappa shape index (κ1) is 15.0. The lowest BCUT2D eigenvalue weighted by molar-refractivity contribution is -0.126. The van der Waals surface area contributed by atoms with E-state index >= 15 is 0 Å². The van der Waals surface area contributed by atoms with Gasteiger partial charge in [-0.15, -0.1) is 0 Å². The molecule has 2 N–H and O–H groups in total. The summed E-state index contributed by atoms with van der Waals surface area (Å²) in [5.74, 6) is -0.0708. The first-order valence-electron chi connectivity index (χ1n) is 7.52. The van der Waals surface area contributed by atoms with Crippen molar-refractivity contribution < 1.29 is 9.90 Å². The van der Waals surface area contributed by atoms with Gasteiger partial charge < -0.3 is 10.4 Å². The smallest absolute Gasteiger partial charge is 0.223 e. The maximum Gasteiger partial charge on any atom is 0.223 e. The standard InChI is InChI=1S/C17H25NO2/c1-3-17(10-7-11-17)13-18-15(19)12-16(2,20)14-8-5-4-6-9-14/h4-6,8-9,20H,3,7,10-13H2,1-2H3,(H,18,19). The number of nitrogens with one attached hydrogen (secondary N) is 1. The monoisotopic (exact) mass is 275 g/mol. The van der Waals surface area contributed by atoms with Gasteiger partial charge in [-0.2, -0.15) is 0 Å². The minimum Gasteiger partial charge on any atom is -0.385 e. The van der Waals surface area contributed by atoms with Gasteiger partial charge in [-0.05, 0) is 37.2 Å². The SMILES string of the molecule is CCC1(CNC(=O)CC(C)(O)c2ccccc2)CCC1. The lowest BCUT2D eigenvalue weighted by Crippen LogP contribution is -2.43. The van der Waals surface area contributed by atoms with Gasteiger partial charge in [0.2, 0.25) is 5.91 Å². The quantitative estimate of drug-likeness (QED) is 0.838. The van der Waals surface area contributed by atoms with Crippen LogP contribution < -0.4 is 5.32 Å². The van der Waals surface area contributed by atoms with Crippen molar-refractivity contribution in [2.45, 2.75) is 51.6 Å². The molecule has 1 aromatic rings. The van der Waals surface area contributed by atoms with E-state index in [1.54, 1.807) is 6.92 Å². The second-order valence-electron chi connectivity index (χ2n) is 6.30. The first-order chi connectivity index (χ1) is 9.47. The molecule has 1 atom stereocenters. The number of carbonyl (C=O) groups is 1. The zero-order chi connectivity index (χ0) is 14.6. The second kappa shape index (κ2) is 5.96. The van der Waals surface area contributed by atoms with Crippen LogP contribution in [-0.2, 0) is 10.4 Å². The van der Waals surface area contributed by atoms with Crippen LogP contribution in [-0.4, -0.2) is 17.6 Å². The van der Waals surface area contributed by atoms with Gasteiger partial charge in [-0.25, -0.2) is 0 Å². The van der Waals surface area contributed by atoms with Gasteiger partial charge in [0.1, 0.15) is 0 Å². The Balaban J connectivity index is 1.88. The summed E-state index contributed by atoms with van der Waals surface area (Å²) in [6, 6.07) is 9.37. The van der Waals surface area contributed by atoms with E-state index in [-0.39, 0.29) is 12.3 Å². The van der Waals surface area contributed by atoms with Crippen molar-refractivity contribution in [3.8, 4) is 0 Å². The van der Waals surface area contributed by atoms with Gasteiger partial charge in [0.05, 0.1) is 12.0 Å². The third kappa shape index (κ3) is 3.40. The molecular weight excluding hydrogens is 250 g/mol. The van der Waals surface area contributed by atoms with Gasteiger partial charge >= 0.3 is 0 Å². The van der Waals surface area contributed by atoms with Crippen molar-refractivity contribution >= 4 is 5.91 Å². The minimum absolute atomic E-state index is 0.0708. The molecule has 0 aliphatic heterocycles. The van der Waals surface area contributed by atoms with Crippen LogP contribution >= 0.6 is 0 Å². The van der Waals surface area contributed by atoms with E-state index in [1.807, 2.05) is 30.3 Å². The van der Waals surface area contributed by atoms with Gasteiger partial charge in [0.25, 0.3) is 0 Å². The predicted octanol–water partition coefficient (Wildman–Crippen LogP) is 2.98. The Morgan fingerprint density at radius 2 is 2.00 bits per heavy atom. The molecule has 1 aromatic carbocycles. The van der Waals surface area contributed by atoms with E-state index in [4.69, 9.17) is 0 Å². The number of carbonyl (C=O) groups excluding carboxylic acids is 1. The fourth-order valence-electron chi connectivity index (χ4n) is 2.89. The zero-order valence-electron chi connectivity index (χ0n) is 12.5. The highest BCUT2D eigenvalue weighted by Gasteiger charge is 2.35. The van der Waals surface area contributed by atoms with Crippen LogP contribution in [0.3, 0.4) is 0 Å². The lowest BCUT2D eigenvalue weighted by Gasteiger charge is -2.41. The molecule has 3 heteroatoms. The molecule has 0 aromatic heterocycles. The van der Waals surface area contributed by atoms with Crippen LogP contribution in [0.4, 0.5) is 0 Å². The van der Waals surface area contributed by atoms with E-state index < -0.39 is 5.60 Å². The Morgan fingerprint density at radius 3 is 2.50 bits per heavy atom. The number of rotatable bonds is 6. The average Bonchev–Trinajstić information content (AvgIpc) is 2.38. The van der Waals surface area contributed by atoms with Crippen molar-refractivity contribution in [1.29, 1.82) is 0 Å². The van der Waals surface area contributed by atoms with E-state index in [1.165, 1.54) is 19.3 Å². The van der Waals surface area contributed by atoms with Crippen LogP contribution in [0.2, 0.25) is 0 Å². The third-order valence-electron chi connectivity index (χ3n) is 4.73. The van der Waals surface area contributed by atoms with Crippen LogP contribution in [0.1, 0.15) is 51.5 Å². The third-order valence-corrected chi connectivity index (χ3v) is 4.73. The molecule has 1 saturated carbocycles. The number of aliphatic hydroxyl groups is 1. The average molecular weight is 275 g/mol. The predicted molar refractivity (Wildman–Crippen MR) is 80.2 cm³/mol. The molecule has 0 heterocycles. The van der Waals surface area contributed by atoms with Crippen molar-refractivity contribution in [3.63, 3.8) is 0 Å². The van der Waals surface area contributed by atoms with E-state index in [9.17, 15) is 9.90 Å². The fourth-order valence-corrected chi connectivity index (χ4v) is 2.89. The molecule has 1 aliphatic rings. The highest BCUT2D eigenvalue weighted by atomic mass is 16.3. The molecule has 2 rings (SSSR count). The normalized spacial score (nSPS) is 19.8. The van der Waals surface area contributed by atoms with Gasteiger partial charge in [0.15, 0.2) is 0 Å². The molecule has 1 unspecified atom stereocenters. The summed E-state index contributed by atoms with van der Waals surface area (Å²) < 4.78 is 0. The molecule has 3 nitrogen and oxygen atoms in total. The van der Waals surface area contributed by atoms with E-state index in [0.717, 1.165) is 18.5 Å². The highest BCUT2D eigenvalue weighted by molar-refractivity contribution is 5.77. The summed E-state index contributed by atoms with van der Waals surface area (Å²) in [5, 5.41) is 13.5. The number of hydrogen-bond acceptors (Lipinski definition) is 2. The molecular formula is C17H25NO2. The first-order valence-corrected chi connectivity index (χ1v) is 7.52. The van der Waals surface area contributed by atoms with Gasteiger partial charge in [0, 0.05) is 6.54 Å². The molecule has 20 heavy (non-hydrogen) atoms. The summed E-state index contributed by atoms with van der Waals surface area (Å²) >= 11 is 0. The molecule has 1 amide bonds. The van der Waals surface area contributed by atoms with Crippen LogP contribution in [0.25, 0.3) is 0 Å². The van der Waals surface area contributed by atoms with Crippen molar-refractivity contribution in [2.24, 2.45) is 5.41 Å². The summed E-state index contributed by atoms with van der Waals surface area (Å²) in [4.78, 5) is 12.1. The minimum atomic E-state index is -1.11. The van der Waals surface area contributed by atoms with Gasteiger partial charge in [-0.3, -0.25) is 4.79 Å². The summed E-state index contributed by atoms with van der Waals surface area (Å²) in [6.07, 6.45) is 4.91. The topological polar surface area (TPSA) is 49.3 Å². The summed E-state index contributed by atoms with van der Waals surface area (Å²) in [7, 11) is 0. The van der Waals surface area contributed by atoms with Crippen LogP contribution in [0.15, 0.2) is 30.3 Å². The largest absolute Gasteiger partial charge is 0.385 e. The zero-order valence-corrected chi connectivity index (χ0v) is 12.5. The summed E-state index contributed by atoms with van der Waals surface area (Å²) in [5.41, 5.74) is -0.0116. The Hall–Kier alpha value is -1.35. The van der Waals surface area contributed by atoms with E-state index in [2.05, 4.69) is 12.2 Å². The maximum atomic E-state index is 12.1. The molecule has 110 valence electrons. The fraction of sp³-hybridized carbons (Fsp3) is 0.588. The van der Waals surface area contributed by atoms with Gasteiger partial charge in [-0.1, -0.05) is 43.7 Å². The molecule has 0 saturated heterocycles. The molecule has 0 bridgehead atoms. The number of hydrogen-bond donors (Lipinski definition) is 2. The van der Waals surface area contributed by atoms with Crippen molar-refractivity contribution in [2.75, 3.05) is 6.54 Å². The Bertz CT molecular complexity index is 444. The maximum absolute atomic E-state index is 12.1. The molecule has 0 spiro atoms. The van der Waals surface area contributed by atoms with Crippen molar-refractivity contribution in [3.05, 3.63) is 35.9 Å². The van der Waals surface area contributed by atoms with Crippen molar-refractivity contribution in [1.82, 2.24) is 5.32 Å². The lowest BCUT2D eigenvalue weighted by atomic mass is 9.67. The molecule has 1 fully saturated rings. The second-order valence-corrected chi connectivity index (χ2v) is 6.30. The number of amides is 1. The Labute approximate surface area is 121 Å². The molecule has 0 radical (unpaired) electrons. The number of benzene rings is 1. The summed E-state index contributed by atoms with van der Waals surface area (Å²) in [6.45, 7) is 4.62. The highest BCUT2D eigenvalue weighted by Crippen LogP contribution is 2.43. The van der Waals surface area contributed by atoms with E-state index in [0.29, 0.717) is 5.41 Å². The Kier molecular flexibility index (Phi) is 4.48. The Morgan fingerprint density at radius 1 is 1.35 bits per heavy atom. The molecule has 1 aliphatic carbocycles. The van der Waals surface area contributed by atoms with Crippen LogP contribution in [0, 0.1) is 5.41 Å². The van der Waals surface area contributed by atoms with Crippen LogP contribution in [0.5, 0.6) is 0 Å².